The Morgan fingerprint density at radius 2 is 1.93 bits per heavy atom. The van der Waals surface area contributed by atoms with Gasteiger partial charge >= 0.3 is 0 Å². The molecular weight excluding hydrogens is 366 g/mol. The van der Waals surface area contributed by atoms with Gasteiger partial charge in [0.1, 0.15) is 5.75 Å². The van der Waals surface area contributed by atoms with Crippen LogP contribution in [0.3, 0.4) is 0 Å². The molecule has 29 heavy (non-hydrogen) atoms. The Hall–Kier alpha value is -2.37. The van der Waals surface area contributed by atoms with Crippen molar-refractivity contribution in [3.05, 3.63) is 65.7 Å². The van der Waals surface area contributed by atoms with Gasteiger partial charge in [-0.15, -0.1) is 0 Å². The van der Waals surface area contributed by atoms with E-state index in [0.29, 0.717) is 31.0 Å². The van der Waals surface area contributed by atoms with E-state index in [1.165, 1.54) is 5.56 Å². The molecule has 1 atom stereocenters. The van der Waals surface area contributed by atoms with Crippen LogP contribution in [0.25, 0.3) is 0 Å². The molecule has 2 heterocycles. The molecule has 5 nitrogen and oxygen atoms in total. The molecule has 1 spiro atoms. The lowest BCUT2D eigenvalue weighted by Crippen LogP contribution is -2.52. The van der Waals surface area contributed by atoms with Crippen LogP contribution in [0.5, 0.6) is 5.75 Å². The maximum atomic E-state index is 12.9. The summed E-state index contributed by atoms with van der Waals surface area (Å²) in [5, 5.41) is 0. The predicted octanol–water partition coefficient (Wildman–Crippen LogP) is 4.07. The van der Waals surface area contributed by atoms with E-state index in [1.807, 2.05) is 41.3 Å². The zero-order chi connectivity index (χ0) is 20.1. The van der Waals surface area contributed by atoms with Crippen LogP contribution in [0.4, 0.5) is 0 Å². The van der Waals surface area contributed by atoms with Crippen LogP contribution in [0, 0.1) is 0 Å². The fourth-order valence-electron chi connectivity index (χ4n) is 4.32. The lowest BCUT2D eigenvalue weighted by Gasteiger charge is -2.46. The molecule has 4 rings (SSSR count). The summed E-state index contributed by atoms with van der Waals surface area (Å²) in [5.74, 6) is 0.768. The number of methoxy groups -OCH3 is 1. The van der Waals surface area contributed by atoms with Crippen molar-refractivity contribution in [2.45, 2.75) is 44.0 Å². The molecule has 2 fully saturated rings. The summed E-state index contributed by atoms with van der Waals surface area (Å²) in [4.78, 5) is 14.8. The summed E-state index contributed by atoms with van der Waals surface area (Å²) < 4.78 is 17.7. The number of carbonyl (C=O) groups excluding carboxylic acids is 1. The van der Waals surface area contributed by atoms with Crippen LogP contribution >= 0.6 is 0 Å². The number of benzene rings is 2. The largest absolute Gasteiger partial charge is 0.497 e. The monoisotopic (exact) mass is 395 g/mol. The van der Waals surface area contributed by atoms with Gasteiger partial charge in [-0.25, -0.2) is 0 Å². The van der Waals surface area contributed by atoms with Gasteiger partial charge in [-0.3, -0.25) is 4.79 Å². The van der Waals surface area contributed by atoms with E-state index in [0.717, 1.165) is 32.3 Å². The topological polar surface area (TPSA) is 48.0 Å². The van der Waals surface area contributed by atoms with Gasteiger partial charge in [0.25, 0.3) is 5.91 Å². The van der Waals surface area contributed by atoms with Crippen molar-refractivity contribution in [1.29, 1.82) is 0 Å². The maximum absolute atomic E-state index is 12.9. The molecule has 0 radical (unpaired) electrons. The standard InChI is InChI=1S/C24H29NO4/c1-27-21-9-5-8-20(16-21)23(26)25-13-11-24(12-14-25)17-22(10-15-29-24)28-18-19-6-3-2-4-7-19/h2-9,16,22H,10-15,17-18H2,1H3/t22-/m0/s1. The Morgan fingerprint density at radius 3 is 2.69 bits per heavy atom. The second-order valence-corrected chi connectivity index (χ2v) is 7.97. The molecule has 2 aliphatic heterocycles. The Balaban J connectivity index is 1.32. The van der Waals surface area contributed by atoms with Crippen LogP contribution < -0.4 is 4.74 Å². The summed E-state index contributed by atoms with van der Waals surface area (Å²) in [7, 11) is 1.62. The molecule has 0 aromatic heterocycles. The van der Waals surface area contributed by atoms with Gasteiger partial charge < -0.3 is 19.1 Å². The van der Waals surface area contributed by atoms with Crippen LogP contribution in [-0.2, 0) is 16.1 Å². The first-order valence-corrected chi connectivity index (χ1v) is 10.4. The predicted molar refractivity (Wildman–Crippen MR) is 111 cm³/mol. The molecule has 5 heteroatoms. The van der Waals surface area contributed by atoms with Crippen LogP contribution in [0.1, 0.15) is 41.6 Å². The van der Waals surface area contributed by atoms with Gasteiger partial charge in [0, 0.05) is 31.7 Å². The SMILES string of the molecule is COc1cccc(C(=O)N2CCC3(CC2)C[C@@H](OCc2ccccc2)CCO3)c1. The molecule has 2 aromatic rings. The highest BCUT2D eigenvalue weighted by atomic mass is 16.5. The zero-order valence-electron chi connectivity index (χ0n) is 17.0. The summed E-state index contributed by atoms with van der Waals surface area (Å²) in [6, 6.07) is 17.7. The number of amides is 1. The molecule has 0 bridgehead atoms. The van der Waals surface area contributed by atoms with Gasteiger partial charge in [0.2, 0.25) is 0 Å². The fraction of sp³-hybridized carbons (Fsp3) is 0.458. The third-order valence-electron chi connectivity index (χ3n) is 6.05. The van der Waals surface area contributed by atoms with Gasteiger partial charge in [0.05, 0.1) is 25.4 Å². The van der Waals surface area contributed by atoms with Crippen LogP contribution in [-0.4, -0.2) is 49.3 Å². The van der Waals surface area contributed by atoms with Gasteiger partial charge in [-0.05, 0) is 43.0 Å². The fourth-order valence-corrected chi connectivity index (χ4v) is 4.32. The molecule has 0 N–H and O–H groups in total. The number of ether oxygens (including phenoxy) is 3. The highest BCUT2D eigenvalue weighted by molar-refractivity contribution is 5.94. The van der Waals surface area contributed by atoms with Crippen molar-refractivity contribution < 1.29 is 19.0 Å². The van der Waals surface area contributed by atoms with E-state index < -0.39 is 0 Å². The Labute approximate surface area is 172 Å². The maximum Gasteiger partial charge on any atom is 0.253 e. The van der Waals surface area contributed by atoms with E-state index in [-0.39, 0.29) is 17.6 Å². The molecule has 1 amide bonds. The lowest BCUT2D eigenvalue weighted by atomic mass is 9.83. The first-order chi connectivity index (χ1) is 14.2. The van der Waals surface area contributed by atoms with Crippen LogP contribution in [0.2, 0.25) is 0 Å². The minimum absolute atomic E-state index is 0.0615. The number of nitrogens with zero attached hydrogens (tertiary/aromatic N) is 1. The number of likely N-dealkylation sites (tertiary alicyclic amines) is 1. The zero-order valence-corrected chi connectivity index (χ0v) is 17.0. The van der Waals surface area contributed by atoms with E-state index in [1.54, 1.807) is 13.2 Å². The quantitative estimate of drug-likeness (QED) is 0.766. The van der Waals surface area contributed by atoms with Crippen molar-refractivity contribution in [3.8, 4) is 5.75 Å². The number of carbonyl (C=O) groups is 1. The molecule has 154 valence electrons. The minimum Gasteiger partial charge on any atom is -0.497 e. The van der Waals surface area contributed by atoms with Crippen molar-refractivity contribution in [2.75, 3.05) is 26.8 Å². The van der Waals surface area contributed by atoms with Gasteiger partial charge in [-0.2, -0.15) is 0 Å². The number of rotatable bonds is 5. The first kappa shape index (κ1) is 19.9. The molecular formula is C24H29NO4. The minimum atomic E-state index is -0.162. The van der Waals surface area contributed by atoms with Crippen molar-refractivity contribution in [2.24, 2.45) is 0 Å². The normalized spacial score (nSPS) is 21.1. The van der Waals surface area contributed by atoms with Crippen molar-refractivity contribution in [1.82, 2.24) is 4.90 Å². The molecule has 0 unspecified atom stereocenters. The molecule has 0 saturated carbocycles. The second-order valence-electron chi connectivity index (χ2n) is 7.97. The van der Waals surface area contributed by atoms with Crippen molar-refractivity contribution >= 4 is 5.91 Å². The van der Waals surface area contributed by atoms with E-state index >= 15 is 0 Å². The second kappa shape index (κ2) is 8.97. The molecule has 2 saturated heterocycles. The Kier molecular flexibility index (Phi) is 6.16. The van der Waals surface area contributed by atoms with E-state index in [4.69, 9.17) is 14.2 Å². The number of piperidine rings is 1. The molecule has 0 aliphatic carbocycles. The van der Waals surface area contributed by atoms with Gasteiger partial charge in [-0.1, -0.05) is 36.4 Å². The Bertz CT molecular complexity index is 815. The van der Waals surface area contributed by atoms with E-state index in [2.05, 4.69) is 12.1 Å². The number of hydrogen-bond donors (Lipinski definition) is 0. The van der Waals surface area contributed by atoms with E-state index in [9.17, 15) is 4.79 Å². The summed E-state index contributed by atoms with van der Waals surface area (Å²) in [5.41, 5.74) is 1.71. The smallest absolute Gasteiger partial charge is 0.253 e. The average Bonchev–Trinajstić information content (AvgIpc) is 2.79. The summed E-state index contributed by atoms with van der Waals surface area (Å²) >= 11 is 0. The lowest BCUT2D eigenvalue weighted by molar-refractivity contribution is -0.154. The third-order valence-corrected chi connectivity index (χ3v) is 6.05. The summed E-state index contributed by atoms with van der Waals surface area (Å²) in [6.07, 6.45) is 3.76. The van der Waals surface area contributed by atoms with Crippen LogP contribution in [0.15, 0.2) is 54.6 Å². The average molecular weight is 395 g/mol. The summed E-state index contributed by atoms with van der Waals surface area (Å²) in [6.45, 7) is 2.79. The molecule has 2 aromatic carbocycles. The molecule has 2 aliphatic rings. The third kappa shape index (κ3) is 4.80. The highest BCUT2D eigenvalue weighted by Crippen LogP contribution is 2.36. The van der Waals surface area contributed by atoms with Gasteiger partial charge in [0.15, 0.2) is 0 Å². The Morgan fingerprint density at radius 1 is 1.14 bits per heavy atom. The highest BCUT2D eigenvalue weighted by Gasteiger charge is 2.41. The first-order valence-electron chi connectivity index (χ1n) is 10.4. The number of hydrogen-bond acceptors (Lipinski definition) is 4. The van der Waals surface area contributed by atoms with Crippen molar-refractivity contribution in [3.63, 3.8) is 0 Å².